The summed E-state index contributed by atoms with van der Waals surface area (Å²) in [5.41, 5.74) is 0.111. The van der Waals surface area contributed by atoms with Gasteiger partial charge in [-0.3, -0.25) is 14.9 Å². The molecule has 1 aromatic heterocycles. The van der Waals surface area contributed by atoms with Gasteiger partial charge >= 0.3 is 0 Å². The SMILES string of the molecule is CCc1nc2n(n1)[C@@H](CC(=O)Nc1ccc(F)c(F)c1)C(=O)N2. The second-order valence-corrected chi connectivity index (χ2v) is 5.04. The Kier molecular flexibility index (Phi) is 3.77. The summed E-state index contributed by atoms with van der Waals surface area (Å²) in [4.78, 5) is 28.0. The fourth-order valence-electron chi connectivity index (χ4n) is 2.27. The topological polar surface area (TPSA) is 88.9 Å². The highest BCUT2D eigenvalue weighted by Gasteiger charge is 2.34. The molecule has 1 atom stereocenters. The van der Waals surface area contributed by atoms with E-state index in [2.05, 4.69) is 20.7 Å². The van der Waals surface area contributed by atoms with Crippen LogP contribution >= 0.6 is 0 Å². The monoisotopic (exact) mass is 321 g/mol. The van der Waals surface area contributed by atoms with E-state index in [4.69, 9.17) is 0 Å². The van der Waals surface area contributed by atoms with E-state index >= 15 is 0 Å². The Morgan fingerprint density at radius 2 is 2.17 bits per heavy atom. The number of nitrogens with one attached hydrogen (secondary N) is 2. The van der Waals surface area contributed by atoms with E-state index in [1.54, 1.807) is 0 Å². The van der Waals surface area contributed by atoms with E-state index in [1.807, 2.05) is 6.92 Å². The molecule has 0 bridgehead atoms. The molecule has 0 spiro atoms. The van der Waals surface area contributed by atoms with Crippen LogP contribution in [0, 0.1) is 11.6 Å². The highest BCUT2D eigenvalue weighted by atomic mass is 19.2. The molecule has 7 nitrogen and oxygen atoms in total. The van der Waals surface area contributed by atoms with Crippen LogP contribution in [-0.2, 0) is 16.0 Å². The number of anilines is 2. The first-order chi connectivity index (χ1) is 11.0. The summed E-state index contributed by atoms with van der Waals surface area (Å²) in [6.07, 6.45) is 0.411. The molecule has 1 aromatic carbocycles. The number of amides is 2. The van der Waals surface area contributed by atoms with Crippen molar-refractivity contribution in [2.75, 3.05) is 10.6 Å². The number of carbonyl (C=O) groups excluding carboxylic acids is 2. The first kappa shape index (κ1) is 15.1. The highest BCUT2D eigenvalue weighted by Crippen LogP contribution is 2.25. The van der Waals surface area contributed by atoms with Crippen LogP contribution in [0.1, 0.15) is 25.2 Å². The number of benzene rings is 1. The Morgan fingerprint density at radius 1 is 1.39 bits per heavy atom. The van der Waals surface area contributed by atoms with Crippen molar-refractivity contribution in [3.05, 3.63) is 35.7 Å². The highest BCUT2D eigenvalue weighted by molar-refractivity contribution is 6.00. The predicted octanol–water partition coefficient (Wildman–Crippen LogP) is 1.64. The quantitative estimate of drug-likeness (QED) is 0.896. The second-order valence-electron chi connectivity index (χ2n) is 5.04. The normalized spacial score (nSPS) is 16.1. The molecule has 23 heavy (non-hydrogen) atoms. The Labute approximate surface area is 129 Å². The Bertz CT molecular complexity index is 789. The zero-order valence-corrected chi connectivity index (χ0v) is 12.1. The molecule has 0 saturated carbocycles. The van der Waals surface area contributed by atoms with Crippen molar-refractivity contribution in [2.45, 2.75) is 25.8 Å². The summed E-state index contributed by atoms with van der Waals surface area (Å²) < 4.78 is 27.3. The van der Waals surface area contributed by atoms with Crippen LogP contribution in [0.15, 0.2) is 18.2 Å². The van der Waals surface area contributed by atoms with Gasteiger partial charge in [0.05, 0.1) is 6.42 Å². The first-order valence-corrected chi connectivity index (χ1v) is 6.99. The first-order valence-electron chi connectivity index (χ1n) is 6.99. The number of hydrogen-bond acceptors (Lipinski definition) is 4. The van der Waals surface area contributed by atoms with E-state index in [0.717, 1.165) is 12.1 Å². The van der Waals surface area contributed by atoms with Crippen LogP contribution < -0.4 is 10.6 Å². The Morgan fingerprint density at radius 3 is 2.87 bits per heavy atom. The maximum atomic E-state index is 13.1. The van der Waals surface area contributed by atoms with E-state index in [9.17, 15) is 18.4 Å². The van der Waals surface area contributed by atoms with Crippen molar-refractivity contribution >= 4 is 23.5 Å². The van der Waals surface area contributed by atoms with Gasteiger partial charge in [0.2, 0.25) is 11.9 Å². The number of nitrogens with zero attached hydrogens (tertiary/aromatic N) is 3. The molecule has 1 aliphatic rings. The van der Waals surface area contributed by atoms with E-state index in [0.29, 0.717) is 18.2 Å². The summed E-state index contributed by atoms with van der Waals surface area (Å²) in [5.74, 6) is -2.10. The molecule has 0 aliphatic carbocycles. The zero-order chi connectivity index (χ0) is 16.6. The third-order valence-electron chi connectivity index (χ3n) is 3.41. The smallest absolute Gasteiger partial charge is 0.252 e. The fraction of sp³-hybridized carbons (Fsp3) is 0.286. The molecule has 0 saturated heterocycles. The van der Waals surface area contributed by atoms with E-state index in [-0.39, 0.29) is 18.0 Å². The fourth-order valence-corrected chi connectivity index (χ4v) is 2.27. The summed E-state index contributed by atoms with van der Waals surface area (Å²) >= 11 is 0. The average molecular weight is 321 g/mol. The molecular weight excluding hydrogens is 308 g/mol. The van der Waals surface area contributed by atoms with E-state index < -0.39 is 23.6 Å². The second kappa shape index (κ2) is 5.75. The van der Waals surface area contributed by atoms with Crippen LogP contribution in [0.5, 0.6) is 0 Å². The van der Waals surface area contributed by atoms with Crippen molar-refractivity contribution in [1.82, 2.24) is 14.8 Å². The number of hydrogen-bond donors (Lipinski definition) is 2. The average Bonchev–Trinajstić information content (AvgIpc) is 3.02. The van der Waals surface area contributed by atoms with Gasteiger partial charge in [-0.05, 0) is 12.1 Å². The van der Waals surface area contributed by atoms with Crippen LogP contribution in [0.2, 0.25) is 0 Å². The van der Waals surface area contributed by atoms with Crippen molar-refractivity contribution in [2.24, 2.45) is 0 Å². The largest absolute Gasteiger partial charge is 0.326 e. The molecule has 2 amide bonds. The molecule has 2 N–H and O–H groups in total. The predicted molar refractivity (Wildman–Crippen MR) is 76.7 cm³/mol. The lowest BCUT2D eigenvalue weighted by Crippen LogP contribution is -2.24. The molecule has 1 aliphatic heterocycles. The van der Waals surface area contributed by atoms with Gasteiger partial charge in [-0.25, -0.2) is 13.5 Å². The number of aromatic nitrogens is 3. The molecule has 0 fully saturated rings. The van der Waals surface area contributed by atoms with Crippen LogP contribution in [-0.4, -0.2) is 26.6 Å². The molecule has 120 valence electrons. The maximum Gasteiger partial charge on any atom is 0.252 e. The molecular formula is C14H13F2N5O2. The molecule has 2 aromatic rings. The molecule has 0 radical (unpaired) electrons. The van der Waals surface area contributed by atoms with Crippen molar-refractivity contribution in [1.29, 1.82) is 0 Å². The summed E-state index contributed by atoms with van der Waals surface area (Å²) in [6, 6.07) is 2.21. The van der Waals surface area contributed by atoms with Gasteiger partial charge in [-0.2, -0.15) is 10.1 Å². The number of halogens is 2. The lowest BCUT2D eigenvalue weighted by atomic mass is 10.2. The minimum absolute atomic E-state index is 0.111. The molecule has 3 rings (SSSR count). The van der Waals surface area contributed by atoms with Gasteiger partial charge in [-0.15, -0.1) is 0 Å². The third-order valence-corrected chi connectivity index (χ3v) is 3.41. The molecule has 2 heterocycles. The van der Waals surface area contributed by atoms with Gasteiger partial charge in [0.25, 0.3) is 5.91 Å². The zero-order valence-electron chi connectivity index (χ0n) is 12.1. The Balaban J connectivity index is 1.71. The summed E-state index contributed by atoms with van der Waals surface area (Å²) in [5, 5.41) is 9.13. The lowest BCUT2D eigenvalue weighted by Gasteiger charge is -2.10. The van der Waals surface area contributed by atoms with Crippen LogP contribution in [0.3, 0.4) is 0 Å². The number of aryl methyl sites for hydroxylation is 1. The van der Waals surface area contributed by atoms with Gasteiger partial charge in [0.1, 0.15) is 6.04 Å². The Hall–Kier alpha value is -2.84. The summed E-state index contributed by atoms with van der Waals surface area (Å²) in [6.45, 7) is 1.87. The van der Waals surface area contributed by atoms with Crippen LogP contribution in [0.25, 0.3) is 0 Å². The number of carbonyl (C=O) groups is 2. The van der Waals surface area contributed by atoms with Crippen molar-refractivity contribution in [3.63, 3.8) is 0 Å². The van der Waals surface area contributed by atoms with Crippen molar-refractivity contribution in [3.8, 4) is 0 Å². The standard InChI is InChI=1S/C14H13F2N5O2/c1-2-11-18-14-19-13(23)10(21(14)20-11)6-12(22)17-7-3-4-8(15)9(16)5-7/h3-5,10H,2,6H2,1H3,(H,17,22)(H,18,19,20,23)/t10-/m0/s1. The van der Waals surface area contributed by atoms with Gasteiger partial charge < -0.3 is 5.32 Å². The lowest BCUT2D eigenvalue weighted by molar-refractivity contribution is -0.123. The summed E-state index contributed by atoms with van der Waals surface area (Å²) in [7, 11) is 0. The molecule has 0 unspecified atom stereocenters. The van der Waals surface area contributed by atoms with Gasteiger partial charge in [0, 0.05) is 18.2 Å². The van der Waals surface area contributed by atoms with Gasteiger partial charge in [-0.1, -0.05) is 6.92 Å². The number of fused-ring (bicyclic) bond motifs is 1. The van der Waals surface area contributed by atoms with Crippen molar-refractivity contribution < 1.29 is 18.4 Å². The van der Waals surface area contributed by atoms with Gasteiger partial charge in [0.15, 0.2) is 17.5 Å². The van der Waals surface area contributed by atoms with Crippen LogP contribution in [0.4, 0.5) is 20.4 Å². The minimum atomic E-state index is -1.06. The minimum Gasteiger partial charge on any atom is -0.326 e. The molecule has 9 heteroatoms. The third kappa shape index (κ3) is 2.89. The van der Waals surface area contributed by atoms with E-state index in [1.165, 1.54) is 10.7 Å². The number of rotatable bonds is 4. The maximum absolute atomic E-state index is 13.1.